The van der Waals surface area contributed by atoms with Crippen LogP contribution in [0.5, 0.6) is 0 Å². The smallest absolute Gasteiger partial charge is 0.0743 e. The molecule has 2 heterocycles. The average molecular weight is 210 g/mol. The summed E-state index contributed by atoms with van der Waals surface area (Å²) in [7, 11) is -2.20. The van der Waals surface area contributed by atoms with Crippen molar-refractivity contribution in [2.75, 3.05) is 12.8 Å². The van der Waals surface area contributed by atoms with Gasteiger partial charge in [-0.1, -0.05) is 0 Å². The number of aromatic nitrogens is 1. The highest BCUT2D eigenvalue weighted by molar-refractivity contribution is 7.93. The maximum Gasteiger partial charge on any atom is 0.0743 e. The van der Waals surface area contributed by atoms with Crippen molar-refractivity contribution in [2.24, 2.45) is 4.36 Å². The number of rotatable bonds is 0. The SMILES string of the molecule is Cc1nccc2c1[S@@](C)(=O)=NCCC2. The lowest BCUT2D eigenvalue weighted by Gasteiger charge is -2.09. The molecule has 2 rings (SSSR count). The molecule has 0 aliphatic carbocycles. The molecule has 1 atom stereocenters. The molecule has 1 aromatic rings. The minimum atomic E-state index is -2.20. The molecule has 0 radical (unpaired) electrons. The zero-order valence-corrected chi connectivity index (χ0v) is 9.30. The van der Waals surface area contributed by atoms with Gasteiger partial charge in [0.05, 0.1) is 20.3 Å². The van der Waals surface area contributed by atoms with Crippen LogP contribution >= 0.6 is 0 Å². The van der Waals surface area contributed by atoms with E-state index in [0.717, 1.165) is 29.0 Å². The summed E-state index contributed by atoms with van der Waals surface area (Å²) >= 11 is 0. The minimum absolute atomic E-state index is 0.698. The van der Waals surface area contributed by atoms with Crippen LogP contribution in [0.2, 0.25) is 0 Å². The van der Waals surface area contributed by atoms with Crippen LogP contribution in [-0.4, -0.2) is 22.0 Å². The number of aryl methyl sites for hydroxylation is 2. The van der Waals surface area contributed by atoms with Gasteiger partial charge in [0.25, 0.3) is 0 Å². The lowest BCUT2D eigenvalue weighted by Crippen LogP contribution is -2.04. The molecule has 14 heavy (non-hydrogen) atoms. The van der Waals surface area contributed by atoms with Gasteiger partial charge in [-0.2, -0.15) is 0 Å². The lowest BCUT2D eigenvalue weighted by molar-refractivity contribution is 0.678. The summed E-state index contributed by atoms with van der Waals surface area (Å²) in [4.78, 5) is 5.06. The fraction of sp³-hybridized carbons (Fsp3) is 0.500. The highest BCUT2D eigenvalue weighted by Crippen LogP contribution is 2.24. The predicted octanol–water partition coefficient (Wildman–Crippen LogP) is 1.79. The minimum Gasteiger partial charge on any atom is -0.260 e. The molecular formula is C10H14N2OS. The number of pyridine rings is 1. The first-order valence-corrected chi connectivity index (χ1v) is 6.66. The fourth-order valence-corrected chi connectivity index (χ4v) is 3.76. The highest BCUT2D eigenvalue weighted by Gasteiger charge is 2.17. The number of hydrogen-bond donors (Lipinski definition) is 0. The molecule has 0 saturated carbocycles. The Morgan fingerprint density at radius 3 is 3.07 bits per heavy atom. The van der Waals surface area contributed by atoms with E-state index in [0.29, 0.717) is 6.54 Å². The number of fused-ring (bicyclic) bond motifs is 1. The van der Waals surface area contributed by atoms with Gasteiger partial charge in [-0.25, -0.2) is 8.57 Å². The maximum atomic E-state index is 12.3. The van der Waals surface area contributed by atoms with E-state index >= 15 is 0 Å². The van der Waals surface area contributed by atoms with E-state index in [4.69, 9.17) is 0 Å². The number of hydrogen-bond acceptors (Lipinski definition) is 3. The third kappa shape index (κ3) is 1.54. The summed E-state index contributed by atoms with van der Waals surface area (Å²) in [6, 6.07) is 1.96. The first kappa shape index (κ1) is 9.65. The first-order valence-electron chi connectivity index (χ1n) is 4.74. The van der Waals surface area contributed by atoms with Crippen molar-refractivity contribution in [1.82, 2.24) is 4.98 Å². The summed E-state index contributed by atoms with van der Waals surface area (Å²) in [6.45, 7) is 2.60. The van der Waals surface area contributed by atoms with Gasteiger partial charge in [-0.15, -0.1) is 0 Å². The van der Waals surface area contributed by atoms with Crippen molar-refractivity contribution in [3.05, 3.63) is 23.5 Å². The monoisotopic (exact) mass is 210 g/mol. The Morgan fingerprint density at radius 1 is 1.50 bits per heavy atom. The summed E-state index contributed by atoms with van der Waals surface area (Å²) < 4.78 is 16.5. The molecule has 0 N–H and O–H groups in total. The highest BCUT2D eigenvalue weighted by atomic mass is 32.2. The van der Waals surface area contributed by atoms with Gasteiger partial charge >= 0.3 is 0 Å². The molecule has 0 fully saturated rings. The summed E-state index contributed by atoms with van der Waals surface area (Å²) in [6.07, 6.45) is 5.45. The molecule has 1 aliphatic heterocycles. The van der Waals surface area contributed by atoms with Gasteiger partial charge in [-0.3, -0.25) is 4.98 Å². The second-order valence-corrected chi connectivity index (χ2v) is 5.91. The third-order valence-electron chi connectivity index (χ3n) is 2.48. The van der Waals surface area contributed by atoms with Crippen LogP contribution in [0.4, 0.5) is 0 Å². The summed E-state index contributed by atoms with van der Waals surface area (Å²) in [5.74, 6) is 0. The van der Waals surface area contributed by atoms with Gasteiger partial charge < -0.3 is 0 Å². The first-order chi connectivity index (χ1) is 6.61. The Morgan fingerprint density at radius 2 is 2.29 bits per heavy atom. The molecule has 1 aliphatic rings. The zero-order valence-electron chi connectivity index (χ0n) is 8.49. The molecule has 3 nitrogen and oxygen atoms in total. The van der Waals surface area contributed by atoms with E-state index in [1.54, 1.807) is 12.5 Å². The van der Waals surface area contributed by atoms with E-state index < -0.39 is 9.73 Å². The van der Waals surface area contributed by atoms with E-state index in [1.165, 1.54) is 0 Å². The van der Waals surface area contributed by atoms with Gasteiger partial charge in [0.1, 0.15) is 0 Å². The average Bonchev–Trinajstić information content (AvgIpc) is 2.25. The molecule has 0 unspecified atom stereocenters. The van der Waals surface area contributed by atoms with E-state index in [2.05, 4.69) is 9.35 Å². The lowest BCUT2D eigenvalue weighted by atomic mass is 10.1. The van der Waals surface area contributed by atoms with Crippen molar-refractivity contribution in [3.63, 3.8) is 0 Å². The van der Waals surface area contributed by atoms with Gasteiger partial charge in [0.2, 0.25) is 0 Å². The van der Waals surface area contributed by atoms with Crippen LogP contribution in [-0.2, 0) is 16.1 Å². The quantitative estimate of drug-likeness (QED) is 0.655. The largest absolute Gasteiger partial charge is 0.260 e. The summed E-state index contributed by atoms with van der Waals surface area (Å²) in [5, 5.41) is 0. The molecule has 0 amide bonds. The van der Waals surface area contributed by atoms with Gasteiger partial charge in [-0.05, 0) is 31.4 Å². The Kier molecular flexibility index (Phi) is 2.31. The standard InChI is InChI=1S/C10H14N2OS/c1-8-10-9(5-7-11-8)4-3-6-12-14(10,2)13/h5,7H,3-4,6H2,1-2H3/t14-/m1/s1. The Balaban J connectivity index is 2.77. The molecule has 1 aromatic heterocycles. The van der Waals surface area contributed by atoms with Crippen molar-refractivity contribution in [3.8, 4) is 0 Å². The van der Waals surface area contributed by atoms with Crippen LogP contribution in [0.3, 0.4) is 0 Å². The Bertz CT molecular complexity index is 473. The molecule has 0 saturated heterocycles. The predicted molar refractivity (Wildman–Crippen MR) is 56.9 cm³/mol. The van der Waals surface area contributed by atoms with E-state index in [9.17, 15) is 4.21 Å². The summed E-state index contributed by atoms with van der Waals surface area (Å²) in [5.41, 5.74) is 2.02. The second kappa shape index (κ2) is 3.35. The number of nitrogens with zero attached hydrogens (tertiary/aromatic N) is 2. The van der Waals surface area contributed by atoms with Crippen LogP contribution in [0.25, 0.3) is 0 Å². The topological polar surface area (TPSA) is 42.3 Å². The molecule has 0 aromatic carbocycles. The van der Waals surface area contributed by atoms with E-state index in [-0.39, 0.29) is 0 Å². The van der Waals surface area contributed by atoms with Gasteiger partial charge in [0.15, 0.2) is 0 Å². The molecule has 76 valence electrons. The van der Waals surface area contributed by atoms with Crippen LogP contribution < -0.4 is 0 Å². The fourth-order valence-electron chi connectivity index (χ4n) is 1.89. The second-order valence-electron chi connectivity index (χ2n) is 3.64. The van der Waals surface area contributed by atoms with Crippen molar-refractivity contribution in [1.29, 1.82) is 0 Å². The molecule has 0 spiro atoms. The van der Waals surface area contributed by atoms with Crippen LogP contribution in [0.15, 0.2) is 21.5 Å². The van der Waals surface area contributed by atoms with Crippen molar-refractivity contribution < 1.29 is 4.21 Å². The zero-order chi connectivity index (χ0) is 10.2. The molecular weight excluding hydrogens is 196 g/mol. The van der Waals surface area contributed by atoms with Crippen molar-refractivity contribution >= 4 is 9.73 Å². The molecule has 0 bridgehead atoms. The molecule has 4 heteroatoms. The third-order valence-corrected chi connectivity index (χ3v) is 4.48. The van der Waals surface area contributed by atoms with Gasteiger partial charge in [0, 0.05) is 19.0 Å². The Labute approximate surface area is 84.7 Å². The van der Waals surface area contributed by atoms with Crippen LogP contribution in [0.1, 0.15) is 17.7 Å². The maximum absolute atomic E-state index is 12.3. The van der Waals surface area contributed by atoms with Crippen LogP contribution in [0, 0.1) is 6.92 Å². The van der Waals surface area contributed by atoms with E-state index in [1.807, 2.05) is 13.0 Å². The normalized spacial score (nSPS) is 26.1. The Hall–Kier alpha value is -0.900. The van der Waals surface area contributed by atoms with Crippen molar-refractivity contribution in [2.45, 2.75) is 24.7 Å².